The number of hydrogen-bond acceptors (Lipinski definition) is 5. The average molecular weight is 491 g/mol. The van der Waals surface area contributed by atoms with Crippen molar-refractivity contribution in [1.29, 1.82) is 0 Å². The van der Waals surface area contributed by atoms with Crippen LogP contribution in [0.3, 0.4) is 0 Å². The predicted octanol–water partition coefficient (Wildman–Crippen LogP) is 4.52. The molecule has 0 aliphatic rings. The van der Waals surface area contributed by atoms with Crippen LogP contribution in [0.5, 0.6) is 5.75 Å². The van der Waals surface area contributed by atoms with Gasteiger partial charge >= 0.3 is 6.18 Å². The molecule has 34 heavy (non-hydrogen) atoms. The first-order valence-corrected chi connectivity index (χ1v) is 11.6. The minimum Gasteiger partial charge on any atom is -0.495 e. The highest BCUT2D eigenvalue weighted by atomic mass is 32.2. The number of hydrogen-bond donors (Lipinski definition) is 1. The molecular weight excluding hydrogens is 469 g/mol. The van der Waals surface area contributed by atoms with Gasteiger partial charge in [0.05, 0.1) is 18.9 Å². The molecule has 0 aliphatic heterocycles. The van der Waals surface area contributed by atoms with E-state index in [4.69, 9.17) is 4.74 Å². The van der Waals surface area contributed by atoms with E-state index in [0.29, 0.717) is 16.8 Å². The molecule has 2 heterocycles. The minimum absolute atomic E-state index is 0.0529. The lowest BCUT2D eigenvalue weighted by molar-refractivity contribution is -0.138. The molecular formula is C23H21F3N4O3S. The summed E-state index contributed by atoms with van der Waals surface area (Å²) in [6.07, 6.45) is -3.02. The lowest BCUT2D eigenvalue weighted by atomic mass is 10.1. The monoisotopic (exact) mass is 490 g/mol. The topological polar surface area (TPSA) is 85.6 Å². The number of fused-ring (bicyclic) bond motifs is 1. The lowest BCUT2D eigenvalue weighted by Gasteiger charge is -2.15. The van der Waals surface area contributed by atoms with Crippen LogP contribution >= 0.6 is 0 Å². The van der Waals surface area contributed by atoms with Crippen molar-refractivity contribution in [3.8, 4) is 16.9 Å². The predicted molar refractivity (Wildman–Crippen MR) is 120 cm³/mol. The molecule has 0 aliphatic carbocycles. The molecule has 178 valence electrons. The quantitative estimate of drug-likeness (QED) is 0.430. The fourth-order valence-corrected chi connectivity index (χ4v) is 4.93. The molecule has 2 aromatic heterocycles. The summed E-state index contributed by atoms with van der Waals surface area (Å²) < 4.78 is 75.3. The standard InChI is InChI=1S/C23H21F3N4O3S/c1-14-10-15(2)30-22(29-14)18(13-27-30)16-8-9-20(33-3)21(11-16)34(31,32)28-12-17-6-4-5-7-19(17)23(24,25)26/h4-11,13,28H,12H2,1-3H3. The second-order valence-electron chi connectivity index (χ2n) is 7.68. The van der Waals surface area contributed by atoms with E-state index < -0.39 is 28.3 Å². The van der Waals surface area contributed by atoms with E-state index in [1.807, 2.05) is 19.9 Å². The zero-order chi connectivity index (χ0) is 24.7. The van der Waals surface area contributed by atoms with E-state index >= 15 is 0 Å². The van der Waals surface area contributed by atoms with Gasteiger partial charge in [-0.15, -0.1) is 0 Å². The van der Waals surface area contributed by atoms with E-state index in [2.05, 4.69) is 14.8 Å². The van der Waals surface area contributed by atoms with E-state index in [0.717, 1.165) is 17.5 Å². The summed E-state index contributed by atoms with van der Waals surface area (Å²) in [7, 11) is -2.92. The molecule has 0 unspecified atom stereocenters. The number of nitrogens with zero attached hydrogens (tertiary/aromatic N) is 3. The summed E-state index contributed by atoms with van der Waals surface area (Å²) in [5.41, 5.74) is 2.22. The molecule has 0 bridgehead atoms. The fourth-order valence-electron chi connectivity index (χ4n) is 3.73. The van der Waals surface area contributed by atoms with Crippen LogP contribution in [0.4, 0.5) is 13.2 Å². The first-order chi connectivity index (χ1) is 16.0. The zero-order valence-corrected chi connectivity index (χ0v) is 19.3. The number of aryl methyl sites for hydroxylation is 2. The molecule has 11 heteroatoms. The maximum Gasteiger partial charge on any atom is 0.416 e. The summed E-state index contributed by atoms with van der Waals surface area (Å²) >= 11 is 0. The summed E-state index contributed by atoms with van der Waals surface area (Å²) in [6, 6.07) is 11.2. The molecule has 2 aromatic carbocycles. The van der Waals surface area contributed by atoms with Crippen LogP contribution in [0.25, 0.3) is 16.8 Å². The third kappa shape index (κ3) is 4.48. The summed E-state index contributed by atoms with van der Waals surface area (Å²) in [6.45, 7) is 3.18. The van der Waals surface area contributed by atoms with Gasteiger partial charge in [-0.3, -0.25) is 0 Å². The highest BCUT2D eigenvalue weighted by molar-refractivity contribution is 7.89. The largest absolute Gasteiger partial charge is 0.495 e. The van der Waals surface area contributed by atoms with Gasteiger partial charge in [0.2, 0.25) is 10.0 Å². The number of nitrogens with one attached hydrogen (secondary N) is 1. The smallest absolute Gasteiger partial charge is 0.416 e. The first-order valence-electron chi connectivity index (χ1n) is 10.2. The van der Waals surface area contributed by atoms with Gasteiger partial charge < -0.3 is 4.74 Å². The molecule has 0 fully saturated rings. The van der Waals surface area contributed by atoms with Gasteiger partial charge in [0.1, 0.15) is 10.6 Å². The maximum absolute atomic E-state index is 13.3. The fraction of sp³-hybridized carbons (Fsp3) is 0.217. The van der Waals surface area contributed by atoms with Crippen LogP contribution in [0.15, 0.2) is 59.6 Å². The van der Waals surface area contributed by atoms with Gasteiger partial charge in [0.25, 0.3) is 0 Å². The SMILES string of the molecule is COc1ccc(-c2cnn3c(C)cc(C)nc23)cc1S(=O)(=O)NCc1ccccc1C(F)(F)F. The summed E-state index contributed by atoms with van der Waals surface area (Å²) in [5.74, 6) is 0.0529. The van der Waals surface area contributed by atoms with Gasteiger partial charge in [0.15, 0.2) is 5.65 Å². The number of sulfonamides is 1. The van der Waals surface area contributed by atoms with E-state index in [1.54, 1.807) is 16.8 Å². The Morgan fingerprint density at radius 1 is 1.09 bits per heavy atom. The summed E-state index contributed by atoms with van der Waals surface area (Å²) in [5, 5.41) is 4.33. The molecule has 0 saturated carbocycles. The number of halogens is 3. The highest BCUT2D eigenvalue weighted by Gasteiger charge is 2.33. The molecule has 0 radical (unpaired) electrons. The second kappa shape index (κ2) is 8.73. The maximum atomic E-state index is 13.3. The Balaban J connectivity index is 1.73. The second-order valence-corrected chi connectivity index (χ2v) is 9.41. The molecule has 1 N–H and O–H groups in total. The van der Waals surface area contributed by atoms with Crippen LogP contribution in [0.1, 0.15) is 22.5 Å². The summed E-state index contributed by atoms with van der Waals surface area (Å²) in [4.78, 5) is 4.31. The number of benzene rings is 2. The number of alkyl halides is 3. The van der Waals surface area contributed by atoms with E-state index in [1.165, 1.54) is 37.4 Å². The molecule has 4 aromatic rings. The van der Waals surface area contributed by atoms with Gasteiger partial charge in [0, 0.05) is 23.5 Å². The van der Waals surface area contributed by atoms with Crippen LogP contribution in [0, 0.1) is 13.8 Å². The Morgan fingerprint density at radius 2 is 1.82 bits per heavy atom. The van der Waals surface area contributed by atoms with Crippen molar-refractivity contribution < 1.29 is 26.3 Å². The Hall–Kier alpha value is -3.44. The van der Waals surface area contributed by atoms with Crippen molar-refractivity contribution in [2.45, 2.75) is 31.5 Å². The van der Waals surface area contributed by atoms with Gasteiger partial charge in [-0.2, -0.15) is 18.3 Å². The third-order valence-corrected chi connectivity index (χ3v) is 6.74. The van der Waals surface area contributed by atoms with Crippen LogP contribution in [-0.4, -0.2) is 30.1 Å². The zero-order valence-electron chi connectivity index (χ0n) is 18.5. The number of methoxy groups -OCH3 is 1. The van der Waals surface area contributed by atoms with Crippen molar-refractivity contribution in [2.75, 3.05) is 7.11 Å². The van der Waals surface area contributed by atoms with E-state index in [9.17, 15) is 21.6 Å². The van der Waals surface area contributed by atoms with Crippen molar-refractivity contribution in [2.24, 2.45) is 0 Å². The van der Waals surface area contributed by atoms with Crippen LogP contribution in [-0.2, 0) is 22.7 Å². The number of ether oxygens (including phenoxy) is 1. The molecule has 0 saturated heterocycles. The van der Waals surface area contributed by atoms with Gasteiger partial charge in [-0.1, -0.05) is 24.3 Å². The molecule has 4 rings (SSSR count). The number of rotatable bonds is 6. The van der Waals surface area contributed by atoms with Gasteiger partial charge in [-0.05, 0) is 49.2 Å². The Kier molecular flexibility index (Phi) is 6.09. The third-order valence-electron chi connectivity index (χ3n) is 5.32. The van der Waals surface area contributed by atoms with Crippen molar-refractivity contribution >= 4 is 15.7 Å². The molecule has 0 spiro atoms. The van der Waals surface area contributed by atoms with Gasteiger partial charge in [-0.25, -0.2) is 22.6 Å². The average Bonchev–Trinajstić information content (AvgIpc) is 3.21. The lowest BCUT2D eigenvalue weighted by Crippen LogP contribution is -2.25. The Labute approximate surface area is 194 Å². The van der Waals surface area contributed by atoms with E-state index in [-0.39, 0.29) is 16.2 Å². The normalized spacial score (nSPS) is 12.3. The van der Waals surface area contributed by atoms with Crippen molar-refractivity contribution in [3.63, 3.8) is 0 Å². The van der Waals surface area contributed by atoms with Crippen LogP contribution < -0.4 is 9.46 Å². The first kappa shape index (κ1) is 23.7. The van der Waals surface area contributed by atoms with Crippen molar-refractivity contribution in [1.82, 2.24) is 19.3 Å². The number of aromatic nitrogens is 3. The molecule has 0 amide bonds. The highest BCUT2D eigenvalue weighted by Crippen LogP contribution is 2.34. The Bertz CT molecular complexity index is 1480. The Morgan fingerprint density at radius 3 is 2.53 bits per heavy atom. The molecule has 0 atom stereocenters. The van der Waals surface area contributed by atoms with Crippen molar-refractivity contribution in [3.05, 3.63) is 77.2 Å². The van der Waals surface area contributed by atoms with Crippen LogP contribution in [0.2, 0.25) is 0 Å². The minimum atomic E-state index is -4.60. The molecule has 7 nitrogen and oxygen atoms in total.